The van der Waals surface area contributed by atoms with E-state index in [-0.39, 0.29) is 0 Å². The van der Waals surface area contributed by atoms with Crippen LogP contribution in [0.5, 0.6) is 0 Å². The molecule has 0 aromatic heterocycles. The Labute approximate surface area is 87.4 Å². The number of likely N-dealkylation sites (N-methyl/N-ethyl adjacent to an activating group) is 1. The summed E-state index contributed by atoms with van der Waals surface area (Å²) in [6.45, 7) is 0.936. The highest BCUT2D eigenvalue weighted by Crippen LogP contribution is 2.33. The highest BCUT2D eigenvalue weighted by molar-refractivity contribution is 4.85. The summed E-state index contributed by atoms with van der Waals surface area (Å²) in [5.41, 5.74) is 0. The van der Waals surface area contributed by atoms with Crippen LogP contribution in [0.15, 0.2) is 0 Å². The maximum absolute atomic E-state index is 5.97. The lowest BCUT2D eigenvalue weighted by atomic mass is 9.98. The van der Waals surface area contributed by atoms with E-state index in [1.165, 1.54) is 44.9 Å². The van der Waals surface area contributed by atoms with Crippen LogP contribution in [0.4, 0.5) is 0 Å². The Bertz CT molecular complexity index is 162. The first-order valence-electron chi connectivity index (χ1n) is 6.19. The summed E-state index contributed by atoms with van der Waals surface area (Å²) >= 11 is 0. The van der Waals surface area contributed by atoms with Gasteiger partial charge >= 0.3 is 0 Å². The zero-order chi connectivity index (χ0) is 9.80. The molecular formula is C12H23NO. The van der Waals surface area contributed by atoms with E-state index in [0.29, 0.717) is 12.1 Å². The lowest BCUT2D eigenvalue weighted by Crippen LogP contribution is -2.34. The van der Waals surface area contributed by atoms with Gasteiger partial charge in [-0.1, -0.05) is 19.3 Å². The van der Waals surface area contributed by atoms with Gasteiger partial charge in [0.1, 0.15) is 0 Å². The number of nitrogens with one attached hydrogen (secondary N) is 1. The maximum atomic E-state index is 5.97. The van der Waals surface area contributed by atoms with Gasteiger partial charge in [0.2, 0.25) is 0 Å². The third-order valence-electron chi connectivity index (χ3n) is 3.63. The van der Waals surface area contributed by atoms with Crippen LogP contribution >= 0.6 is 0 Å². The van der Waals surface area contributed by atoms with Gasteiger partial charge in [0.05, 0.1) is 12.7 Å². The molecule has 0 bridgehead atoms. The molecule has 82 valence electrons. The van der Waals surface area contributed by atoms with Gasteiger partial charge in [-0.25, -0.2) is 0 Å². The van der Waals surface area contributed by atoms with Crippen molar-refractivity contribution in [2.24, 2.45) is 5.92 Å². The van der Waals surface area contributed by atoms with Crippen molar-refractivity contribution in [2.45, 2.75) is 57.1 Å². The van der Waals surface area contributed by atoms with Gasteiger partial charge in [-0.2, -0.15) is 0 Å². The molecule has 2 aliphatic rings. The molecule has 2 saturated carbocycles. The molecule has 0 spiro atoms. The molecule has 0 radical (unpaired) electrons. The lowest BCUT2D eigenvalue weighted by molar-refractivity contribution is 0.0139. The quantitative estimate of drug-likeness (QED) is 0.730. The van der Waals surface area contributed by atoms with Gasteiger partial charge in [0, 0.05) is 6.04 Å². The molecule has 0 heterocycles. The summed E-state index contributed by atoms with van der Waals surface area (Å²) in [6, 6.07) is 0.622. The van der Waals surface area contributed by atoms with E-state index in [1.54, 1.807) is 0 Å². The van der Waals surface area contributed by atoms with Gasteiger partial charge in [-0.15, -0.1) is 0 Å². The Morgan fingerprint density at radius 3 is 2.43 bits per heavy atom. The van der Waals surface area contributed by atoms with Crippen LogP contribution in [0.2, 0.25) is 0 Å². The largest absolute Gasteiger partial charge is 0.377 e. The molecule has 2 aliphatic carbocycles. The zero-order valence-corrected chi connectivity index (χ0v) is 9.30. The molecule has 1 N–H and O–H groups in total. The van der Waals surface area contributed by atoms with Gasteiger partial charge in [-0.3, -0.25) is 0 Å². The van der Waals surface area contributed by atoms with Gasteiger partial charge in [0.25, 0.3) is 0 Å². The molecule has 1 unspecified atom stereocenters. The Balaban J connectivity index is 1.63. The van der Waals surface area contributed by atoms with Crippen molar-refractivity contribution < 1.29 is 4.74 Å². The number of rotatable bonds is 5. The molecule has 1 atom stereocenters. The molecule has 2 fully saturated rings. The van der Waals surface area contributed by atoms with Crippen molar-refractivity contribution >= 4 is 0 Å². The van der Waals surface area contributed by atoms with Gasteiger partial charge < -0.3 is 10.1 Å². The average Bonchev–Trinajstić information content (AvgIpc) is 3.05. The first-order chi connectivity index (χ1) is 6.90. The molecule has 2 heteroatoms. The monoisotopic (exact) mass is 197 g/mol. The van der Waals surface area contributed by atoms with E-state index < -0.39 is 0 Å². The second-order valence-corrected chi connectivity index (χ2v) is 4.83. The highest BCUT2D eigenvalue weighted by atomic mass is 16.5. The standard InChI is InChI=1S/C12H23NO/c1-13-12(10-7-8-10)9-14-11-5-3-2-4-6-11/h10-13H,2-9H2,1H3. The second kappa shape index (κ2) is 5.13. The Kier molecular flexibility index (Phi) is 3.82. The van der Waals surface area contributed by atoms with E-state index in [2.05, 4.69) is 12.4 Å². The highest BCUT2D eigenvalue weighted by Gasteiger charge is 2.30. The molecule has 2 rings (SSSR count). The first-order valence-corrected chi connectivity index (χ1v) is 6.19. The molecule has 0 saturated heterocycles. The third kappa shape index (κ3) is 2.96. The van der Waals surface area contributed by atoms with Crippen molar-refractivity contribution in [3.05, 3.63) is 0 Å². The number of ether oxygens (including phenoxy) is 1. The Morgan fingerprint density at radius 1 is 1.14 bits per heavy atom. The summed E-state index contributed by atoms with van der Waals surface area (Å²) < 4.78 is 5.97. The van der Waals surface area contributed by atoms with E-state index in [0.717, 1.165) is 12.5 Å². The fraction of sp³-hybridized carbons (Fsp3) is 1.00. The van der Waals surface area contributed by atoms with Crippen molar-refractivity contribution in [3.63, 3.8) is 0 Å². The molecule has 0 aromatic rings. The van der Waals surface area contributed by atoms with Crippen LogP contribution < -0.4 is 5.32 Å². The summed E-state index contributed by atoms with van der Waals surface area (Å²) in [7, 11) is 2.06. The molecular weight excluding hydrogens is 174 g/mol. The van der Waals surface area contributed by atoms with E-state index >= 15 is 0 Å². The zero-order valence-electron chi connectivity index (χ0n) is 9.30. The topological polar surface area (TPSA) is 21.3 Å². The maximum Gasteiger partial charge on any atom is 0.0625 e. The Morgan fingerprint density at radius 2 is 1.86 bits per heavy atom. The summed E-state index contributed by atoms with van der Waals surface area (Å²) in [5, 5.41) is 3.38. The third-order valence-corrected chi connectivity index (χ3v) is 3.63. The molecule has 2 nitrogen and oxygen atoms in total. The summed E-state index contributed by atoms with van der Waals surface area (Å²) in [5.74, 6) is 0.906. The van der Waals surface area contributed by atoms with Crippen LogP contribution in [0.25, 0.3) is 0 Å². The van der Waals surface area contributed by atoms with Crippen LogP contribution in [-0.4, -0.2) is 25.8 Å². The number of hydrogen-bond acceptors (Lipinski definition) is 2. The van der Waals surface area contributed by atoms with Crippen molar-refractivity contribution in [1.29, 1.82) is 0 Å². The van der Waals surface area contributed by atoms with Gasteiger partial charge in [0.15, 0.2) is 0 Å². The molecule has 14 heavy (non-hydrogen) atoms. The van der Waals surface area contributed by atoms with E-state index in [4.69, 9.17) is 4.74 Å². The summed E-state index contributed by atoms with van der Waals surface area (Å²) in [6.07, 6.45) is 10.1. The van der Waals surface area contributed by atoms with Crippen molar-refractivity contribution in [3.8, 4) is 0 Å². The normalized spacial score (nSPS) is 26.4. The van der Waals surface area contributed by atoms with E-state index in [1.807, 2.05) is 0 Å². The smallest absolute Gasteiger partial charge is 0.0625 e. The SMILES string of the molecule is CNC(COC1CCCCC1)C1CC1. The first kappa shape index (κ1) is 10.4. The van der Waals surface area contributed by atoms with Crippen molar-refractivity contribution in [1.82, 2.24) is 5.32 Å². The lowest BCUT2D eigenvalue weighted by Gasteiger charge is -2.25. The van der Waals surface area contributed by atoms with Gasteiger partial charge in [-0.05, 0) is 38.6 Å². The van der Waals surface area contributed by atoms with E-state index in [9.17, 15) is 0 Å². The summed E-state index contributed by atoms with van der Waals surface area (Å²) in [4.78, 5) is 0. The average molecular weight is 197 g/mol. The van der Waals surface area contributed by atoms with Crippen LogP contribution in [0, 0.1) is 5.92 Å². The minimum Gasteiger partial charge on any atom is -0.377 e. The van der Waals surface area contributed by atoms with Crippen LogP contribution in [0.3, 0.4) is 0 Å². The molecule has 0 aliphatic heterocycles. The van der Waals surface area contributed by atoms with Crippen molar-refractivity contribution in [2.75, 3.05) is 13.7 Å². The Hall–Kier alpha value is -0.0800. The molecule has 0 amide bonds. The fourth-order valence-electron chi connectivity index (χ4n) is 2.43. The minimum atomic E-state index is 0.568. The fourth-order valence-corrected chi connectivity index (χ4v) is 2.43. The minimum absolute atomic E-state index is 0.568. The second-order valence-electron chi connectivity index (χ2n) is 4.83. The predicted octanol–water partition coefficient (Wildman–Crippen LogP) is 2.33. The molecule has 0 aromatic carbocycles. The van der Waals surface area contributed by atoms with Crippen LogP contribution in [0.1, 0.15) is 44.9 Å². The predicted molar refractivity (Wildman–Crippen MR) is 58.4 cm³/mol. The van der Waals surface area contributed by atoms with Crippen LogP contribution in [-0.2, 0) is 4.74 Å². The number of hydrogen-bond donors (Lipinski definition) is 1.